The summed E-state index contributed by atoms with van der Waals surface area (Å²) >= 11 is 0. The van der Waals surface area contributed by atoms with E-state index in [2.05, 4.69) is 0 Å². The molecule has 1 aliphatic heterocycles. The molecule has 1 N–H and O–H groups in total. The van der Waals surface area contributed by atoms with Crippen LogP contribution in [0.1, 0.15) is 40.0 Å². The maximum Gasteiger partial charge on any atom is 0.364 e. The highest BCUT2D eigenvalue weighted by Gasteiger charge is 2.34. The summed E-state index contributed by atoms with van der Waals surface area (Å²) in [4.78, 5) is 55.5. The second kappa shape index (κ2) is 12.3. The minimum absolute atomic E-state index is 0.0615. The van der Waals surface area contributed by atoms with Gasteiger partial charge in [-0.25, -0.2) is 9.59 Å². The van der Waals surface area contributed by atoms with E-state index in [-0.39, 0.29) is 54.2 Å². The summed E-state index contributed by atoms with van der Waals surface area (Å²) in [6.45, 7) is 0.240. The molecule has 0 unspecified atom stereocenters. The molecule has 1 aromatic heterocycles. The molecule has 0 atom stereocenters. The predicted molar refractivity (Wildman–Crippen MR) is 154 cm³/mol. The van der Waals surface area contributed by atoms with Gasteiger partial charge in [-0.1, -0.05) is 24.3 Å². The van der Waals surface area contributed by atoms with Crippen LogP contribution in [0.25, 0.3) is 21.8 Å². The molecule has 44 heavy (non-hydrogen) atoms. The van der Waals surface area contributed by atoms with Crippen molar-refractivity contribution in [2.45, 2.75) is 25.8 Å². The van der Waals surface area contributed by atoms with E-state index in [1.54, 1.807) is 48.5 Å². The van der Waals surface area contributed by atoms with Crippen LogP contribution in [-0.2, 0) is 31.1 Å². The van der Waals surface area contributed by atoms with Crippen LogP contribution in [0, 0.1) is 0 Å². The molecule has 2 amide bonds. The number of amides is 2. The lowest BCUT2D eigenvalue weighted by Crippen LogP contribution is -2.37. The normalized spacial score (nSPS) is 13.4. The summed E-state index contributed by atoms with van der Waals surface area (Å²) in [5.41, 5.74) is 1.32. The number of hydrogen-bond donors (Lipinski definition) is 1. The molecule has 0 radical (unpaired) electrons. The first kappa shape index (κ1) is 30.4. The summed E-state index contributed by atoms with van der Waals surface area (Å²) in [5, 5.41) is 1.44. The number of para-hydroxylation sites is 2. The predicted octanol–water partition coefficient (Wildman–Crippen LogP) is 3.02. The fourth-order valence-corrected chi connectivity index (χ4v) is 5.51. The highest BCUT2D eigenvalue weighted by atomic mass is 32.2. The summed E-state index contributed by atoms with van der Waals surface area (Å²) in [5.74, 6) is -3.78. The number of benzene rings is 3. The number of imide groups is 1. The maximum atomic E-state index is 13.9. The van der Waals surface area contributed by atoms with Crippen molar-refractivity contribution in [3.63, 3.8) is 0 Å². The van der Waals surface area contributed by atoms with Crippen molar-refractivity contribution in [2.75, 3.05) is 20.0 Å². The van der Waals surface area contributed by atoms with Crippen molar-refractivity contribution >= 4 is 55.7 Å². The van der Waals surface area contributed by atoms with E-state index >= 15 is 0 Å². The van der Waals surface area contributed by atoms with Crippen molar-refractivity contribution in [3.05, 3.63) is 71.8 Å². The van der Waals surface area contributed by atoms with Crippen LogP contribution >= 0.6 is 0 Å². The Hall–Kier alpha value is -5.08. The van der Waals surface area contributed by atoms with Crippen molar-refractivity contribution in [2.24, 2.45) is 0 Å². The zero-order chi connectivity index (χ0) is 31.6. The number of esters is 1. The number of pyridine rings is 1. The van der Waals surface area contributed by atoms with Gasteiger partial charge in [0.1, 0.15) is 0 Å². The molecule has 4 aromatic rings. The summed E-state index contributed by atoms with van der Waals surface area (Å²) in [6, 6.07) is 16.5. The van der Waals surface area contributed by atoms with E-state index in [9.17, 15) is 32.1 Å². The molecule has 228 valence electrons. The number of carbonyl (C=O) groups excluding carboxylic acids is 4. The Morgan fingerprint density at radius 2 is 1.39 bits per heavy atom. The molecule has 0 bridgehead atoms. The van der Waals surface area contributed by atoms with Gasteiger partial charge in [-0.2, -0.15) is 13.0 Å². The lowest BCUT2D eigenvalue weighted by molar-refractivity contribution is -0.645. The second-order valence-electron chi connectivity index (χ2n) is 9.76. The lowest BCUT2D eigenvalue weighted by atomic mass is 10.0. The van der Waals surface area contributed by atoms with Crippen molar-refractivity contribution in [3.8, 4) is 17.2 Å². The maximum absolute atomic E-state index is 13.9. The molecule has 0 saturated carbocycles. The van der Waals surface area contributed by atoms with Crippen LogP contribution in [0.15, 0.2) is 60.7 Å². The van der Waals surface area contributed by atoms with Gasteiger partial charge < -0.3 is 19.0 Å². The molecule has 0 aliphatic carbocycles. The zero-order valence-corrected chi connectivity index (χ0v) is 24.5. The SMILES string of the molecule is COc1cc(C(=O)ON2C(=O)CCC2=O)cc(OC)c1OC(=O)c1c2ccccc2[n+](CCCS(=O)(=O)O)c2ccccc12. The molecule has 1 saturated heterocycles. The number of aromatic nitrogens is 1. The zero-order valence-electron chi connectivity index (χ0n) is 23.6. The Morgan fingerprint density at radius 3 is 1.89 bits per heavy atom. The molecule has 3 aromatic carbocycles. The van der Waals surface area contributed by atoms with Gasteiger partial charge in [0.25, 0.3) is 21.9 Å². The van der Waals surface area contributed by atoms with Crippen LogP contribution in [-0.4, -0.2) is 61.8 Å². The van der Waals surface area contributed by atoms with Crippen LogP contribution in [0.5, 0.6) is 17.2 Å². The minimum Gasteiger partial charge on any atom is -0.493 e. The molecule has 13 nitrogen and oxygen atoms in total. The van der Waals surface area contributed by atoms with Crippen molar-refractivity contribution < 1.29 is 55.8 Å². The number of carbonyl (C=O) groups is 4. The van der Waals surface area contributed by atoms with E-state index in [4.69, 9.17) is 19.0 Å². The van der Waals surface area contributed by atoms with Gasteiger partial charge in [-0.15, -0.1) is 5.06 Å². The average Bonchev–Trinajstić information content (AvgIpc) is 3.32. The highest BCUT2D eigenvalue weighted by molar-refractivity contribution is 7.85. The second-order valence-corrected chi connectivity index (χ2v) is 11.3. The first-order valence-electron chi connectivity index (χ1n) is 13.4. The van der Waals surface area contributed by atoms with Gasteiger partial charge in [-0.05, 0) is 24.3 Å². The number of hydroxylamine groups is 2. The third kappa shape index (κ3) is 6.02. The fraction of sp³-hybridized carbons (Fsp3) is 0.233. The van der Waals surface area contributed by atoms with Gasteiger partial charge in [0, 0.05) is 31.4 Å². The number of rotatable bonds is 10. The third-order valence-corrected chi connectivity index (χ3v) is 7.79. The van der Waals surface area contributed by atoms with Crippen LogP contribution < -0.4 is 18.8 Å². The Labute approximate surface area is 251 Å². The molecule has 5 rings (SSSR count). The number of nitrogens with zero attached hydrogens (tertiary/aromatic N) is 2. The van der Waals surface area contributed by atoms with Crippen molar-refractivity contribution in [1.82, 2.24) is 5.06 Å². The first-order valence-corrected chi connectivity index (χ1v) is 15.0. The molecular formula is C30H27N2O11S+. The third-order valence-electron chi connectivity index (χ3n) is 6.99. The van der Waals surface area contributed by atoms with Gasteiger partial charge in [0.15, 0.2) is 18.0 Å². The van der Waals surface area contributed by atoms with E-state index in [0.29, 0.717) is 26.9 Å². The monoisotopic (exact) mass is 623 g/mol. The average molecular weight is 624 g/mol. The van der Waals surface area contributed by atoms with Crippen molar-refractivity contribution in [1.29, 1.82) is 0 Å². The van der Waals surface area contributed by atoms with E-state index in [1.165, 1.54) is 26.4 Å². The molecule has 1 fully saturated rings. The number of aryl methyl sites for hydroxylation is 1. The van der Waals surface area contributed by atoms with Crippen LogP contribution in [0.3, 0.4) is 0 Å². The van der Waals surface area contributed by atoms with E-state index < -0.39 is 39.6 Å². The quantitative estimate of drug-likeness (QED) is 0.0689. The Balaban J connectivity index is 1.54. The van der Waals surface area contributed by atoms with E-state index in [1.807, 2.05) is 4.57 Å². The smallest absolute Gasteiger partial charge is 0.364 e. The number of methoxy groups -OCH3 is 2. The van der Waals surface area contributed by atoms with Gasteiger partial charge in [0.2, 0.25) is 16.8 Å². The summed E-state index contributed by atoms with van der Waals surface area (Å²) < 4.78 is 50.4. The standard InChI is InChI=1S/C30H26N2O11S/c1-40-23-16-18(29(35)43-32-25(33)12-13-26(32)34)17-24(41-2)28(23)42-30(36)27-19-8-3-5-10-21(19)31(14-7-15-44(37,38)39)22-11-6-4-9-20(22)27/h3-6,8-11,16-17H,7,12-15H2,1-2H3/p+1. The number of ether oxygens (including phenoxy) is 3. The van der Waals surface area contributed by atoms with Gasteiger partial charge in [-0.3, -0.25) is 14.1 Å². The van der Waals surface area contributed by atoms with E-state index in [0.717, 1.165) is 0 Å². The first-order chi connectivity index (χ1) is 21.0. The molecule has 14 heteroatoms. The Morgan fingerprint density at radius 1 is 0.864 bits per heavy atom. The minimum atomic E-state index is -4.16. The topological polar surface area (TPSA) is 167 Å². The highest BCUT2D eigenvalue weighted by Crippen LogP contribution is 2.40. The fourth-order valence-electron chi connectivity index (χ4n) is 5.02. The number of hydrogen-bond acceptors (Lipinski definition) is 10. The summed E-state index contributed by atoms with van der Waals surface area (Å²) in [6.07, 6.45) is -0.00727. The molecule has 2 heterocycles. The van der Waals surface area contributed by atoms with Crippen LogP contribution in [0.2, 0.25) is 0 Å². The summed E-state index contributed by atoms with van der Waals surface area (Å²) in [7, 11) is -1.58. The molecular weight excluding hydrogens is 596 g/mol. The lowest BCUT2D eigenvalue weighted by Gasteiger charge is -2.17. The molecule has 0 spiro atoms. The van der Waals surface area contributed by atoms with Gasteiger partial charge >= 0.3 is 11.9 Å². The Bertz CT molecular complexity index is 1840. The largest absolute Gasteiger partial charge is 0.493 e. The Kier molecular flexibility index (Phi) is 8.47. The number of fused-ring (bicyclic) bond motifs is 2. The molecule has 1 aliphatic rings. The van der Waals surface area contributed by atoms with Gasteiger partial charge in [0.05, 0.1) is 41.9 Å². The van der Waals surface area contributed by atoms with Crippen LogP contribution in [0.4, 0.5) is 0 Å².